The van der Waals surface area contributed by atoms with Gasteiger partial charge in [-0.1, -0.05) is 0 Å². The van der Waals surface area contributed by atoms with Crippen LogP contribution >= 0.6 is 0 Å². The molecule has 0 saturated carbocycles. The molecule has 1 aliphatic rings. The number of carbonyl (C=O) groups excluding carboxylic acids is 2. The Morgan fingerprint density at radius 3 is 2.33 bits per heavy atom. The predicted octanol–water partition coefficient (Wildman–Crippen LogP) is -0.763. The van der Waals surface area contributed by atoms with Gasteiger partial charge in [0.05, 0.1) is 12.5 Å². The van der Waals surface area contributed by atoms with E-state index in [0.29, 0.717) is 13.1 Å². The van der Waals surface area contributed by atoms with Crippen molar-refractivity contribution in [2.24, 2.45) is 5.92 Å². The van der Waals surface area contributed by atoms with E-state index in [1.807, 2.05) is 20.8 Å². The average Bonchev–Trinajstić information content (AvgIpc) is 1.94. The molecule has 0 aromatic rings. The molecule has 5 heteroatoms. The van der Waals surface area contributed by atoms with Gasteiger partial charge < -0.3 is 16.0 Å². The van der Waals surface area contributed by atoms with Gasteiger partial charge in [0, 0.05) is 18.6 Å². The summed E-state index contributed by atoms with van der Waals surface area (Å²) in [6.07, 6.45) is 0. The molecule has 15 heavy (non-hydrogen) atoms. The Labute approximate surface area is 90.0 Å². The third kappa shape index (κ3) is 4.29. The van der Waals surface area contributed by atoms with E-state index in [1.165, 1.54) is 0 Å². The van der Waals surface area contributed by atoms with Gasteiger partial charge in [-0.3, -0.25) is 9.59 Å². The van der Waals surface area contributed by atoms with Gasteiger partial charge in [-0.25, -0.2) is 0 Å². The van der Waals surface area contributed by atoms with E-state index in [4.69, 9.17) is 0 Å². The van der Waals surface area contributed by atoms with Crippen LogP contribution in [-0.2, 0) is 9.59 Å². The van der Waals surface area contributed by atoms with E-state index in [1.54, 1.807) is 0 Å². The maximum Gasteiger partial charge on any atom is 0.239 e. The summed E-state index contributed by atoms with van der Waals surface area (Å²) in [6.45, 7) is 7.21. The van der Waals surface area contributed by atoms with Crippen molar-refractivity contribution in [1.82, 2.24) is 16.0 Å². The number of nitrogens with one attached hydrogen (secondary N) is 3. The highest BCUT2D eigenvalue weighted by atomic mass is 16.2. The van der Waals surface area contributed by atoms with Gasteiger partial charge in [-0.15, -0.1) is 0 Å². The molecule has 1 fully saturated rings. The molecule has 1 aliphatic heterocycles. The fraction of sp³-hybridized carbons (Fsp3) is 0.800. The monoisotopic (exact) mass is 213 g/mol. The average molecular weight is 213 g/mol. The minimum Gasteiger partial charge on any atom is -0.350 e. The normalized spacial score (nSPS) is 16.7. The summed E-state index contributed by atoms with van der Waals surface area (Å²) in [5.41, 5.74) is -0.250. The zero-order chi connectivity index (χ0) is 11.5. The molecule has 3 N–H and O–H groups in total. The third-order valence-electron chi connectivity index (χ3n) is 2.09. The smallest absolute Gasteiger partial charge is 0.239 e. The van der Waals surface area contributed by atoms with Crippen LogP contribution in [0.3, 0.4) is 0 Å². The molecule has 0 bridgehead atoms. The second kappa shape index (κ2) is 4.61. The molecule has 0 aliphatic carbocycles. The van der Waals surface area contributed by atoms with Crippen LogP contribution in [0.5, 0.6) is 0 Å². The zero-order valence-electron chi connectivity index (χ0n) is 9.52. The quantitative estimate of drug-likeness (QED) is 0.577. The minimum absolute atomic E-state index is 0.0347. The van der Waals surface area contributed by atoms with Crippen molar-refractivity contribution in [3.8, 4) is 0 Å². The minimum atomic E-state index is -0.250. The molecule has 86 valence electrons. The molecular weight excluding hydrogens is 194 g/mol. The van der Waals surface area contributed by atoms with E-state index < -0.39 is 0 Å². The molecule has 1 saturated heterocycles. The molecule has 2 amide bonds. The van der Waals surface area contributed by atoms with Gasteiger partial charge in [-0.05, 0) is 20.8 Å². The van der Waals surface area contributed by atoms with Crippen LogP contribution in [0.25, 0.3) is 0 Å². The van der Waals surface area contributed by atoms with Gasteiger partial charge in [0.2, 0.25) is 11.8 Å². The second-order valence-corrected chi connectivity index (χ2v) is 4.87. The van der Waals surface area contributed by atoms with Crippen molar-refractivity contribution in [1.29, 1.82) is 0 Å². The van der Waals surface area contributed by atoms with Crippen molar-refractivity contribution < 1.29 is 9.59 Å². The SMILES string of the molecule is CC(C)(C)NC(=O)CNC(=O)C1CNC1. The van der Waals surface area contributed by atoms with Crippen LogP contribution in [0, 0.1) is 5.92 Å². The first-order chi connectivity index (χ1) is 6.88. The number of hydrogen-bond donors (Lipinski definition) is 3. The highest BCUT2D eigenvalue weighted by molar-refractivity contribution is 5.86. The third-order valence-corrected chi connectivity index (χ3v) is 2.09. The Morgan fingerprint density at radius 1 is 1.33 bits per heavy atom. The lowest BCUT2D eigenvalue weighted by molar-refractivity contribution is -0.130. The molecule has 0 aromatic carbocycles. The maximum absolute atomic E-state index is 11.4. The second-order valence-electron chi connectivity index (χ2n) is 4.87. The summed E-state index contributed by atoms with van der Waals surface area (Å²) in [6, 6.07) is 0. The standard InChI is InChI=1S/C10H19N3O2/c1-10(2,3)13-8(14)6-12-9(15)7-4-11-5-7/h7,11H,4-6H2,1-3H3,(H,12,15)(H,13,14). The molecule has 1 heterocycles. The Balaban J connectivity index is 2.18. The lowest BCUT2D eigenvalue weighted by atomic mass is 10.0. The summed E-state index contributed by atoms with van der Waals surface area (Å²) < 4.78 is 0. The molecule has 0 aromatic heterocycles. The first-order valence-corrected chi connectivity index (χ1v) is 5.18. The molecular formula is C10H19N3O2. The van der Waals surface area contributed by atoms with Crippen molar-refractivity contribution >= 4 is 11.8 Å². The van der Waals surface area contributed by atoms with E-state index >= 15 is 0 Å². The number of rotatable bonds is 3. The van der Waals surface area contributed by atoms with Crippen LogP contribution in [0.4, 0.5) is 0 Å². The number of carbonyl (C=O) groups is 2. The van der Waals surface area contributed by atoms with E-state index in [-0.39, 0.29) is 29.8 Å². The van der Waals surface area contributed by atoms with Crippen molar-refractivity contribution in [3.63, 3.8) is 0 Å². The molecule has 1 rings (SSSR count). The van der Waals surface area contributed by atoms with Crippen molar-refractivity contribution in [3.05, 3.63) is 0 Å². The molecule has 0 unspecified atom stereocenters. The maximum atomic E-state index is 11.4. The highest BCUT2D eigenvalue weighted by Gasteiger charge is 2.25. The molecule has 5 nitrogen and oxygen atoms in total. The summed E-state index contributed by atoms with van der Waals surface area (Å²) >= 11 is 0. The van der Waals surface area contributed by atoms with Gasteiger partial charge in [-0.2, -0.15) is 0 Å². The lowest BCUT2D eigenvalue weighted by Crippen LogP contribution is -2.53. The van der Waals surface area contributed by atoms with Crippen molar-refractivity contribution in [2.75, 3.05) is 19.6 Å². The first kappa shape index (κ1) is 12.0. The highest BCUT2D eigenvalue weighted by Crippen LogP contribution is 2.01. The van der Waals surface area contributed by atoms with Crippen LogP contribution in [0.2, 0.25) is 0 Å². The summed E-state index contributed by atoms with van der Waals surface area (Å²) in [4.78, 5) is 22.7. The number of amides is 2. The molecule has 0 atom stereocenters. The fourth-order valence-electron chi connectivity index (χ4n) is 1.25. The predicted molar refractivity (Wildman–Crippen MR) is 57.3 cm³/mol. The topological polar surface area (TPSA) is 70.2 Å². The van der Waals surface area contributed by atoms with Gasteiger partial charge in [0.25, 0.3) is 0 Å². The van der Waals surface area contributed by atoms with Gasteiger partial charge in [0.15, 0.2) is 0 Å². The van der Waals surface area contributed by atoms with Crippen LogP contribution < -0.4 is 16.0 Å². The Hall–Kier alpha value is -1.10. The van der Waals surface area contributed by atoms with Crippen LogP contribution in [0.15, 0.2) is 0 Å². The largest absolute Gasteiger partial charge is 0.350 e. The Morgan fingerprint density at radius 2 is 1.93 bits per heavy atom. The summed E-state index contributed by atoms with van der Waals surface area (Å²) in [5.74, 6) is -0.159. The Bertz CT molecular complexity index is 254. The zero-order valence-corrected chi connectivity index (χ0v) is 9.52. The van der Waals surface area contributed by atoms with E-state index in [2.05, 4.69) is 16.0 Å². The Kier molecular flexibility index (Phi) is 3.68. The number of hydrogen-bond acceptors (Lipinski definition) is 3. The van der Waals surface area contributed by atoms with Gasteiger partial charge >= 0.3 is 0 Å². The van der Waals surface area contributed by atoms with E-state index in [9.17, 15) is 9.59 Å². The fourth-order valence-corrected chi connectivity index (χ4v) is 1.25. The van der Waals surface area contributed by atoms with Crippen LogP contribution in [-0.4, -0.2) is 37.0 Å². The lowest BCUT2D eigenvalue weighted by Gasteiger charge is -2.26. The first-order valence-electron chi connectivity index (χ1n) is 5.18. The molecule has 0 spiro atoms. The van der Waals surface area contributed by atoms with E-state index in [0.717, 1.165) is 0 Å². The summed E-state index contributed by atoms with van der Waals surface area (Å²) in [7, 11) is 0. The molecule has 0 radical (unpaired) electrons. The van der Waals surface area contributed by atoms with Gasteiger partial charge in [0.1, 0.15) is 0 Å². The van der Waals surface area contributed by atoms with Crippen LogP contribution in [0.1, 0.15) is 20.8 Å². The van der Waals surface area contributed by atoms with Crippen molar-refractivity contribution in [2.45, 2.75) is 26.3 Å². The summed E-state index contributed by atoms with van der Waals surface area (Å²) in [5, 5.41) is 8.40.